The first-order chi connectivity index (χ1) is 14.2. The lowest BCUT2D eigenvalue weighted by atomic mass is 9.82. The van der Waals surface area contributed by atoms with Crippen molar-refractivity contribution in [3.63, 3.8) is 0 Å². The lowest BCUT2D eigenvalue weighted by Gasteiger charge is -2.37. The number of nitrogens with one attached hydrogen (secondary N) is 1. The van der Waals surface area contributed by atoms with Crippen molar-refractivity contribution < 1.29 is 9.53 Å². The molecule has 148 valence electrons. The highest BCUT2D eigenvalue weighted by molar-refractivity contribution is 5.89. The second-order valence-electron chi connectivity index (χ2n) is 7.34. The summed E-state index contributed by atoms with van der Waals surface area (Å²) in [6, 6.07) is 17.6. The molecule has 29 heavy (non-hydrogen) atoms. The van der Waals surface area contributed by atoms with Crippen molar-refractivity contribution in [3.8, 4) is 11.6 Å². The maximum absolute atomic E-state index is 12.7. The Kier molecular flexibility index (Phi) is 5.70. The van der Waals surface area contributed by atoms with Gasteiger partial charge in [0.15, 0.2) is 0 Å². The maximum Gasteiger partial charge on any atom is 0.321 e. The number of hydrogen-bond acceptors (Lipinski definition) is 4. The molecule has 0 saturated carbocycles. The van der Waals surface area contributed by atoms with Gasteiger partial charge < -0.3 is 15.0 Å². The molecule has 1 fully saturated rings. The number of anilines is 1. The molecule has 1 aliphatic heterocycles. The molecule has 1 aromatic carbocycles. The number of piperidine rings is 1. The molecule has 0 radical (unpaired) electrons. The van der Waals surface area contributed by atoms with Crippen molar-refractivity contribution in [1.82, 2.24) is 14.9 Å². The van der Waals surface area contributed by atoms with E-state index in [1.165, 1.54) is 5.56 Å². The Morgan fingerprint density at radius 1 is 1.10 bits per heavy atom. The third-order valence-electron chi connectivity index (χ3n) is 5.26. The van der Waals surface area contributed by atoms with Gasteiger partial charge in [-0.25, -0.2) is 9.78 Å². The zero-order valence-corrected chi connectivity index (χ0v) is 16.4. The van der Waals surface area contributed by atoms with Crippen molar-refractivity contribution in [1.29, 1.82) is 0 Å². The Morgan fingerprint density at radius 3 is 2.66 bits per heavy atom. The minimum absolute atomic E-state index is 0.0916. The average molecular weight is 388 g/mol. The van der Waals surface area contributed by atoms with Gasteiger partial charge in [0.05, 0.1) is 18.1 Å². The van der Waals surface area contributed by atoms with Crippen LogP contribution in [0.5, 0.6) is 11.6 Å². The first-order valence-corrected chi connectivity index (χ1v) is 9.84. The Balaban J connectivity index is 1.32. The molecule has 1 N–H and O–H groups in total. The number of carbonyl (C=O) groups is 1. The third-order valence-corrected chi connectivity index (χ3v) is 5.26. The fourth-order valence-corrected chi connectivity index (χ4v) is 3.77. The van der Waals surface area contributed by atoms with Crippen LogP contribution >= 0.6 is 0 Å². The molecule has 0 spiro atoms. The Morgan fingerprint density at radius 2 is 1.97 bits per heavy atom. The lowest BCUT2D eigenvalue weighted by molar-refractivity contribution is 0.171. The standard InChI is InChI=1S/C23H24N4O2/c1-17-16-27(13-11-21(17)18-6-3-2-4-7-18)23(28)26-19-9-10-22(25-14-19)29-20-8-5-12-24-15-20/h2-10,12,14-15,17,21H,11,13,16H2,1H3,(H,26,28). The zero-order valence-electron chi connectivity index (χ0n) is 16.4. The number of carbonyl (C=O) groups excluding carboxylic acids is 1. The molecular formula is C23H24N4O2. The molecule has 4 rings (SSSR count). The van der Waals surface area contributed by atoms with Gasteiger partial charge in [0.1, 0.15) is 5.75 Å². The van der Waals surface area contributed by atoms with Gasteiger partial charge in [0.25, 0.3) is 0 Å². The van der Waals surface area contributed by atoms with E-state index in [1.54, 1.807) is 36.8 Å². The molecule has 1 aliphatic rings. The number of pyridine rings is 2. The molecule has 2 amide bonds. The zero-order chi connectivity index (χ0) is 20.1. The average Bonchev–Trinajstić information content (AvgIpc) is 2.76. The lowest BCUT2D eigenvalue weighted by Crippen LogP contribution is -2.44. The maximum atomic E-state index is 12.7. The number of amides is 2. The van der Waals surface area contributed by atoms with Crippen LogP contribution < -0.4 is 10.1 Å². The highest BCUT2D eigenvalue weighted by atomic mass is 16.5. The van der Waals surface area contributed by atoms with Gasteiger partial charge in [-0.2, -0.15) is 0 Å². The van der Waals surface area contributed by atoms with Crippen LogP contribution in [0.25, 0.3) is 0 Å². The molecule has 3 aromatic rings. The summed E-state index contributed by atoms with van der Waals surface area (Å²) < 4.78 is 5.63. The largest absolute Gasteiger partial charge is 0.437 e. The fourth-order valence-electron chi connectivity index (χ4n) is 3.77. The number of aromatic nitrogens is 2. The summed E-state index contributed by atoms with van der Waals surface area (Å²) in [6.07, 6.45) is 5.87. The van der Waals surface area contributed by atoms with Crippen molar-refractivity contribution in [2.45, 2.75) is 19.3 Å². The van der Waals surface area contributed by atoms with Crippen LogP contribution in [-0.2, 0) is 0 Å². The molecule has 1 saturated heterocycles. The summed E-state index contributed by atoms with van der Waals surface area (Å²) in [7, 11) is 0. The smallest absolute Gasteiger partial charge is 0.321 e. The number of likely N-dealkylation sites (tertiary alicyclic amines) is 1. The van der Waals surface area contributed by atoms with E-state index in [9.17, 15) is 4.79 Å². The van der Waals surface area contributed by atoms with Gasteiger partial charge >= 0.3 is 6.03 Å². The summed E-state index contributed by atoms with van der Waals surface area (Å²) >= 11 is 0. The van der Waals surface area contributed by atoms with E-state index in [0.29, 0.717) is 29.2 Å². The summed E-state index contributed by atoms with van der Waals surface area (Å²) in [5.41, 5.74) is 2.00. The van der Waals surface area contributed by atoms with E-state index >= 15 is 0 Å². The normalized spacial score (nSPS) is 18.9. The van der Waals surface area contributed by atoms with Crippen molar-refractivity contribution in [2.75, 3.05) is 18.4 Å². The molecule has 3 heterocycles. The van der Waals surface area contributed by atoms with Crippen LogP contribution in [-0.4, -0.2) is 34.0 Å². The molecule has 2 unspecified atom stereocenters. The number of nitrogens with zero attached hydrogens (tertiary/aromatic N) is 3. The van der Waals surface area contributed by atoms with Crippen LogP contribution in [0.3, 0.4) is 0 Å². The summed E-state index contributed by atoms with van der Waals surface area (Å²) in [5.74, 6) is 1.97. The first kappa shape index (κ1) is 18.9. The van der Waals surface area contributed by atoms with E-state index in [-0.39, 0.29) is 6.03 Å². The van der Waals surface area contributed by atoms with Crippen LogP contribution in [0.1, 0.15) is 24.8 Å². The van der Waals surface area contributed by atoms with Crippen molar-refractivity contribution in [3.05, 3.63) is 78.8 Å². The number of urea groups is 1. The highest BCUT2D eigenvalue weighted by Crippen LogP contribution is 2.32. The quantitative estimate of drug-likeness (QED) is 0.688. The number of hydrogen-bond donors (Lipinski definition) is 1. The second kappa shape index (κ2) is 8.73. The highest BCUT2D eigenvalue weighted by Gasteiger charge is 2.29. The first-order valence-electron chi connectivity index (χ1n) is 9.84. The van der Waals surface area contributed by atoms with Gasteiger partial charge in [-0.05, 0) is 42.0 Å². The molecule has 6 nitrogen and oxygen atoms in total. The SMILES string of the molecule is CC1CN(C(=O)Nc2ccc(Oc3cccnc3)nc2)CCC1c1ccccc1. The van der Waals surface area contributed by atoms with Gasteiger partial charge in [0, 0.05) is 25.4 Å². The predicted molar refractivity (Wildman–Crippen MR) is 112 cm³/mol. The minimum Gasteiger partial charge on any atom is -0.437 e. The van der Waals surface area contributed by atoms with Gasteiger partial charge in [-0.15, -0.1) is 0 Å². The number of rotatable bonds is 4. The van der Waals surface area contributed by atoms with Gasteiger partial charge in [0.2, 0.25) is 5.88 Å². The van der Waals surface area contributed by atoms with Crippen LogP contribution in [0.2, 0.25) is 0 Å². The minimum atomic E-state index is -0.0916. The van der Waals surface area contributed by atoms with E-state index in [1.807, 2.05) is 17.0 Å². The molecule has 0 bridgehead atoms. The van der Waals surface area contributed by atoms with Crippen molar-refractivity contribution >= 4 is 11.7 Å². The Labute approximate surface area is 170 Å². The molecular weight excluding hydrogens is 364 g/mol. The van der Waals surface area contributed by atoms with Gasteiger partial charge in [-0.3, -0.25) is 4.98 Å². The second-order valence-corrected chi connectivity index (χ2v) is 7.34. The van der Waals surface area contributed by atoms with E-state index < -0.39 is 0 Å². The fraction of sp³-hybridized carbons (Fsp3) is 0.261. The van der Waals surface area contributed by atoms with Crippen LogP contribution in [0.4, 0.5) is 10.5 Å². The molecule has 2 atom stereocenters. The van der Waals surface area contributed by atoms with Crippen LogP contribution in [0.15, 0.2) is 73.2 Å². The van der Waals surface area contributed by atoms with Gasteiger partial charge in [-0.1, -0.05) is 37.3 Å². The van der Waals surface area contributed by atoms with E-state index in [0.717, 1.165) is 19.5 Å². The van der Waals surface area contributed by atoms with Crippen LogP contribution in [0, 0.1) is 5.92 Å². The third kappa shape index (κ3) is 4.71. The number of ether oxygens (including phenoxy) is 1. The summed E-state index contributed by atoms with van der Waals surface area (Å²) in [4.78, 5) is 22.8. The predicted octanol–water partition coefficient (Wildman–Crippen LogP) is 4.93. The Hall–Kier alpha value is -3.41. The molecule has 6 heteroatoms. The molecule has 0 aliphatic carbocycles. The molecule has 2 aromatic heterocycles. The topological polar surface area (TPSA) is 67.4 Å². The van der Waals surface area contributed by atoms with E-state index in [4.69, 9.17) is 4.74 Å². The number of benzene rings is 1. The summed E-state index contributed by atoms with van der Waals surface area (Å²) in [5, 5.41) is 2.93. The Bertz CT molecular complexity index is 932. The monoisotopic (exact) mass is 388 g/mol. The summed E-state index contributed by atoms with van der Waals surface area (Å²) in [6.45, 7) is 3.69. The van der Waals surface area contributed by atoms with Crippen molar-refractivity contribution in [2.24, 2.45) is 5.92 Å². The van der Waals surface area contributed by atoms with E-state index in [2.05, 4.69) is 46.5 Å².